The van der Waals surface area contributed by atoms with Gasteiger partial charge in [-0.2, -0.15) is 5.26 Å². The third-order valence-corrected chi connectivity index (χ3v) is 3.47. The number of nitriles is 1. The molecule has 0 saturated heterocycles. The average Bonchev–Trinajstić information content (AvgIpc) is 2.61. The predicted molar refractivity (Wildman–Crippen MR) is 93.0 cm³/mol. The van der Waals surface area contributed by atoms with Crippen LogP contribution < -0.4 is 10.1 Å². The van der Waals surface area contributed by atoms with Crippen LogP contribution in [0.5, 0.6) is 5.75 Å². The summed E-state index contributed by atoms with van der Waals surface area (Å²) < 4.78 is 5.19. The van der Waals surface area contributed by atoms with E-state index in [1.165, 1.54) is 31.4 Å². The number of benzene rings is 2. The second-order valence-corrected chi connectivity index (χ2v) is 5.12. The summed E-state index contributed by atoms with van der Waals surface area (Å²) in [5.41, 5.74) is 1.34. The van der Waals surface area contributed by atoms with Crippen LogP contribution in [0.3, 0.4) is 0 Å². The molecule has 126 valence electrons. The van der Waals surface area contributed by atoms with Crippen molar-refractivity contribution in [1.29, 1.82) is 5.26 Å². The Morgan fingerprint density at radius 2 is 2.04 bits per heavy atom. The number of anilines is 1. The summed E-state index contributed by atoms with van der Waals surface area (Å²) in [6.07, 6.45) is 1.43. The zero-order chi connectivity index (χ0) is 18.4. The number of nitrogens with one attached hydrogen (secondary N) is 1. The molecule has 0 spiro atoms. The zero-order valence-electron chi connectivity index (χ0n) is 13.6. The van der Waals surface area contributed by atoms with E-state index in [-0.39, 0.29) is 11.3 Å². The van der Waals surface area contributed by atoms with Gasteiger partial charge in [-0.15, -0.1) is 0 Å². The Balaban J connectivity index is 2.28. The van der Waals surface area contributed by atoms with Gasteiger partial charge in [-0.05, 0) is 30.7 Å². The summed E-state index contributed by atoms with van der Waals surface area (Å²) in [6, 6.07) is 12.9. The van der Waals surface area contributed by atoms with Gasteiger partial charge >= 0.3 is 0 Å². The van der Waals surface area contributed by atoms with E-state index in [1.54, 1.807) is 31.2 Å². The van der Waals surface area contributed by atoms with Gasteiger partial charge < -0.3 is 10.1 Å². The first-order valence-corrected chi connectivity index (χ1v) is 7.27. The number of carbonyl (C=O) groups excluding carboxylic acids is 1. The quantitative estimate of drug-likeness (QED) is 0.389. The van der Waals surface area contributed by atoms with Gasteiger partial charge in [-0.1, -0.05) is 18.2 Å². The normalized spacial score (nSPS) is 10.7. The van der Waals surface area contributed by atoms with Crippen LogP contribution in [0.1, 0.15) is 11.1 Å². The molecule has 1 N–H and O–H groups in total. The Morgan fingerprint density at radius 1 is 1.32 bits per heavy atom. The number of amides is 1. The van der Waals surface area contributed by atoms with Crippen molar-refractivity contribution >= 4 is 23.4 Å². The summed E-state index contributed by atoms with van der Waals surface area (Å²) in [6.45, 7) is 1.64. The lowest BCUT2D eigenvalue weighted by atomic mass is 10.1. The van der Waals surface area contributed by atoms with Crippen LogP contribution >= 0.6 is 0 Å². The Bertz CT molecular complexity index is 897. The number of methoxy groups -OCH3 is 1. The smallest absolute Gasteiger partial charge is 0.269 e. The van der Waals surface area contributed by atoms with Gasteiger partial charge in [0.2, 0.25) is 0 Å². The molecule has 0 aliphatic carbocycles. The van der Waals surface area contributed by atoms with Crippen molar-refractivity contribution in [2.45, 2.75) is 6.92 Å². The minimum atomic E-state index is -0.606. The highest BCUT2D eigenvalue weighted by atomic mass is 16.6. The van der Waals surface area contributed by atoms with E-state index in [1.807, 2.05) is 6.07 Å². The molecule has 2 aromatic rings. The summed E-state index contributed by atoms with van der Waals surface area (Å²) in [5, 5.41) is 22.6. The standard InChI is InChI=1S/C18H15N3O4/c1-12-9-15(21(23)24)7-8-16(12)20-18(22)14(11-19)10-13-5-3-4-6-17(13)25-2/h3-10H,1-2H3,(H,20,22)/b14-10+. The molecule has 0 radical (unpaired) electrons. The van der Waals surface area contributed by atoms with E-state index in [4.69, 9.17) is 4.74 Å². The van der Waals surface area contributed by atoms with Gasteiger partial charge in [0.15, 0.2) is 0 Å². The van der Waals surface area contributed by atoms with Gasteiger partial charge in [-0.3, -0.25) is 14.9 Å². The number of nitrogens with zero attached hydrogens (tertiary/aromatic N) is 2. The fourth-order valence-electron chi connectivity index (χ4n) is 2.18. The maximum absolute atomic E-state index is 12.3. The maximum atomic E-state index is 12.3. The number of nitro groups is 1. The Kier molecular flexibility index (Phi) is 5.48. The summed E-state index contributed by atoms with van der Waals surface area (Å²) >= 11 is 0. The van der Waals surface area contributed by atoms with E-state index < -0.39 is 10.8 Å². The van der Waals surface area contributed by atoms with Crippen LogP contribution in [0, 0.1) is 28.4 Å². The van der Waals surface area contributed by atoms with Gasteiger partial charge in [-0.25, -0.2) is 0 Å². The Morgan fingerprint density at radius 3 is 2.64 bits per heavy atom. The number of para-hydroxylation sites is 1. The first kappa shape index (κ1) is 17.7. The number of ether oxygens (including phenoxy) is 1. The fourth-order valence-corrected chi connectivity index (χ4v) is 2.18. The molecule has 0 heterocycles. The van der Waals surface area contributed by atoms with Crippen LogP contribution in [0.15, 0.2) is 48.0 Å². The van der Waals surface area contributed by atoms with Crippen molar-refractivity contribution in [3.8, 4) is 11.8 Å². The van der Waals surface area contributed by atoms with Crippen molar-refractivity contribution < 1.29 is 14.5 Å². The molecule has 0 bridgehead atoms. The number of hydrogen-bond donors (Lipinski definition) is 1. The molecule has 0 fully saturated rings. The van der Waals surface area contributed by atoms with E-state index in [0.29, 0.717) is 22.6 Å². The van der Waals surface area contributed by atoms with Crippen LogP contribution in [-0.4, -0.2) is 17.9 Å². The molecule has 0 unspecified atom stereocenters. The fraction of sp³-hybridized carbons (Fsp3) is 0.111. The molecular weight excluding hydrogens is 322 g/mol. The van der Waals surface area contributed by atoms with Crippen LogP contribution in [0.25, 0.3) is 6.08 Å². The monoisotopic (exact) mass is 337 g/mol. The minimum Gasteiger partial charge on any atom is -0.496 e. The molecule has 0 aliphatic rings. The molecule has 7 heteroatoms. The van der Waals surface area contributed by atoms with E-state index in [0.717, 1.165) is 0 Å². The second kappa shape index (κ2) is 7.75. The number of non-ortho nitro benzene ring substituents is 1. The second-order valence-electron chi connectivity index (χ2n) is 5.12. The topological polar surface area (TPSA) is 105 Å². The Hall–Kier alpha value is -3.66. The minimum absolute atomic E-state index is 0.0689. The van der Waals surface area contributed by atoms with Crippen molar-refractivity contribution in [3.05, 3.63) is 69.3 Å². The van der Waals surface area contributed by atoms with E-state index in [2.05, 4.69) is 5.32 Å². The zero-order valence-corrected chi connectivity index (χ0v) is 13.6. The lowest BCUT2D eigenvalue weighted by molar-refractivity contribution is -0.384. The third kappa shape index (κ3) is 4.20. The average molecular weight is 337 g/mol. The third-order valence-electron chi connectivity index (χ3n) is 3.47. The van der Waals surface area contributed by atoms with E-state index >= 15 is 0 Å². The van der Waals surface area contributed by atoms with Gasteiger partial charge in [0.1, 0.15) is 17.4 Å². The first-order chi connectivity index (χ1) is 12.0. The molecule has 1 amide bonds. The molecule has 0 saturated carbocycles. The summed E-state index contributed by atoms with van der Waals surface area (Å²) in [4.78, 5) is 22.6. The molecule has 0 atom stereocenters. The molecule has 0 aliphatic heterocycles. The highest BCUT2D eigenvalue weighted by Gasteiger charge is 2.14. The van der Waals surface area contributed by atoms with Crippen LogP contribution in [0.2, 0.25) is 0 Å². The van der Waals surface area contributed by atoms with Gasteiger partial charge in [0.25, 0.3) is 11.6 Å². The first-order valence-electron chi connectivity index (χ1n) is 7.27. The molecule has 2 aromatic carbocycles. The van der Waals surface area contributed by atoms with Crippen LogP contribution in [-0.2, 0) is 4.79 Å². The number of nitro benzene ring substituents is 1. The summed E-state index contributed by atoms with van der Waals surface area (Å²) in [7, 11) is 1.50. The molecular formula is C18H15N3O4. The lowest BCUT2D eigenvalue weighted by Gasteiger charge is -2.08. The molecule has 25 heavy (non-hydrogen) atoms. The van der Waals surface area contributed by atoms with Gasteiger partial charge in [0.05, 0.1) is 12.0 Å². The van der Waals surface area contributed by atoms with Crippen molar-refractivity contribution in [2.75, 3.05) is 12.4 Å². The number of aryl methyl sites for hydroxylation is 1. The lowest BCUT2D eigenvalue weighted by Crippen LogP contribution is -2.14. The van der Waals surface area contributed by atoms with Crippen LogP contribution in [0.4, 0.5) is 11.4 Å². The predicted octanol–water partition coefficient (Wildman–Crippen LogP) is 3.46. The Labute approximate surface area is 144 Å². The number of rotatable bonds is 5. The molecule has 0 aromatic heterocycles. The molecule has 2 rings (SSSR count). The summed E-state index contributed by atoms with van der Waals surface area (Å²) in [5.74, 6) is -0.0695. The van der Waals surface area contributed by atoms with Crippen molar-refractivity contribution in [2.24, 2.45) is 0 Å². The maximum Gasteiger partial charge on any atom is 0.269 e. The molecule has 7 nitrogen and oxygen atoms in total. The van der Waals surface area contributed by atoms with Crippen molar-refractivity contribution in [3.63, 3.8) is 0 Å². The highest BCUT2D eigenvalue weighted by molar-refractivity contribution is 6.10. The van der Waals surface area contributed by atoms with E-state index in [9.17, 15) is 20.2 Å². The van der Waals surface area contributed by atoms with Crippen molar-refractivity contribution in [1.82, 2.24) is 0 Å². The number of carbonyl (C=O) groups is 1. The SMILES string of the molecule is COc1ccccc1/C=C(\C#N)C(=O)Nc1ccc([N+](=O)[O-])cc1C. The highest BCUT2D eigenvalue weighted by Crippen LogP contribution is 2.23. The van der Waals surface area contributed by atoms with Gasteiger partial charge in [0, 0.05) is 23.4 Å². The number of hydrogen-bond acceptors (Lipinski definition) is 5. The largest absolute Gasteiger partial charge is 0.496 e.